The first-order valence-corrected chi connectivity index (χ1v) is 12.1. The van der Waals surface area contributed by atoms with E-state index < -0.39 is 17.2 Å². The van der Waals surface area contributed by atoms with Crippen molar-refractivity contribution in [3.05, 3.63) is 66.8 Å². The number of rotatable bonds is 7. The van der Waals surface area contributed by atoms with Gasteiger partial charge in [-0.25, -0.2) is 0 Å². The standard InChI is InChI=1S/C24H22ClN3O4S2/c1-13(2)12-28-21(30)17(11-26)14(3)20(23(28)32)18(29)8-9-27-22(31)19(34-24(27)33)10-15-4-6-16(25)7-5-15/h4-7,10,13,32H,8-9,12H2,1-3H3/b19-10-. The van der Waals surface area contributed by atoms with Gasteiger partial charge in [0.15, 0.2) is 5.78 Å². The van der Waals surface area contributed by atoms with Crippen molar-refractivity contribution in [1.82, 2.24) is 9.47 Å². The summed E-state index contributed by atoms with van der Waals surface area (Å²) >= 11 is 12.4. The van der Waals surface area contributed by atoms with Crippen molar-refractivity contribution in [2.75, 3.05) is 6.54 Å². The Kier molecular flexibility index (Phi) is 7.97. The van der Waals surface area contributed by atoms with Crippen LogP contribution in [0.3, 0.4) is 0 Å². The van der Waals surface area contributed by atoms with E-state index in [1.807, 2.05) is 19.9 Å². The average molecular weight is 516 g/mol. The topological polar surface area (TPSA) is 103 Å². The third kappa shape index (κ3) is 5.25. The number of carbonyl (C=O) groups excluding carboxylic acids is 2. The Labute approximate surface area is 211 Å². The molecule has 0 radical (unpaired) electrons. The van der Waals surface area contributed by atoms with Gasteiger partial charge >= 0.3 is 0 Å². The monoisotopic (exact) mass is 515 g/mol. The van der Waals surface area contributed by atoms with Gasteiger partial charge in [0.1, 0.15) is 16.0 Å². The number of ketones is 1. The second-order valence-electron chi connectivity index (χ2n) is 8.18. The molecule has 1 aliphatic rings. The number of amides is 1. The molecule has 1 aromatic heterocycles. The van der Waals surface area contributed by atoms with Gasteiger partial charge in [0, 0.05) is 24.5 Å². The van der Waals surface area contributed by atoms with Gasteiger partial charge in [-0.2, -0.15) is 5.26 Å². The van der Waals surface area contributed by atoms with E-state index in [1.165, 1.54) is 11.8 Å². The van der Waals surface area contributed by atoms with Gasteiger partial charge in [0.05, 0.1) is 10.5 Å². The fraction of sp³-hybridized carbons (Fsp3) is 0.292. The minimum Gasteiger partial charge on any atom is -0.494 e. The molecule has 1 N–H and O–H groups in total. The van der Waals surface area contributed by atoms with E-state index in [0.29, 0.717) is 14.2 Å². The summed E-state index contributed by atoms with van der Waals surface area (Å²) in [5, 5.41) is 20.7. The lowest BCUT2D eigenvalue weighted by Gasteiger charge is -2.18. The molecule has 2 aromatic rings. The number of hydrogen-bond acceptors (Lipinski definition) is 7. The molecule has 0 unspecified atom stereocenters. The van der Waals surface area contributed by atoms with Crippen molar-refractivity contribution >= 4 is 57.7 Å². The Hall–Kier alpha value is -2.93. The number of aromatic nitrogens is 1. The minimum absolute atomic E-state index is 0.00303. The lowest BCUT2D eigenvalue weighted by Crippen LogP contribution is -2.31. The molecule has 1 fully saturated rings. The molecule has 0 bridgehead atoms. The third-order valence-electron chi connectivity index (χ3n) is 5.23. The SMILES string of the molecule is Cc1c(C(=O)CCN2C(=O)/C(=C/c3ccc(Cl)cc3)SC2=S)c(O)n(CC(C)C)c(=O)c1C#N. The van der Waals surface area contributed by atoms with E-state index in [4.69, 9.17) is 23.8 Å². The minimum atomic E-state index is -0.632. The highest BCUT2D eigenvalue weighted by Crippen LogP contribution is 2.33. The lowest BCUT2D eigenvalue weighted by molar-refractivity contribution is -0.122. The first kappa shape index (κ1) is 25.7. The Bertz CT molecular complexity index is 1310. The van der Waals surface area contributed by atoms with E-state index in [0.717, 1.165) is 21.9 Å². The molecule has 0 aliphatic carbocycles. The second kappa shape index (κ2) is 10.6. The summed E-state index contributed by atoms with van der Waals surface area (Å²) in [6.07, 6.45) is 1.56. The quantitative estimate of drug-likeness (QED) is 0.328. The summed E-state index contributed by atoms with van der Waals surface area (Å²) < 4.78 is 1.37. The summed E-state index contributed by atoms with van der Waals surface area (Å²) in [5.74, 6) is -1.27. The number of nitrogens with zero attached hydrogens (tertiary/aromatic N) is 3. The van der Waals surface area contributed by atoms with Crippen molar-refractivity contribution in [1.29, 1.82) is 5.26 Å². The maximum Gasteiger partial charge on any atom is 0.271 e. The first-order chi connectivity index (χ1) is 16.0. The largest absolute Gasteiger partial charge is 0.494 e. The van der Waals surface area contributed by atoms with Crippen LogP contribution in [0.5, 0.6) is 5.88 Å². The molecular weight excluding hydrogens is 494 g/mol. The molecule has 176 valence electrons. The number of Topliss-reactive ketones (excluding diaryl/α,β-unsaturated/α-hetero) is 1. The molecule has 0 atom stereocenters. The van der Waals surface area contributed by atoms with Crippen molar-refractivity contribution in [3.63, 3.8) is 0 Å². The number of benzene rings is 1. The van der Waals surface area contributed by atoms with Gasteiger partial charge in [0.25, 0.3) is 11.5 Å². The maximum atomic E-state index is 13.1. The van der Waals surface area contributed by atoms with Crippen LogP contribution in [0, 0.1) is 24.2 Å². The highest BCUT2D eigenvalue weighted by Gasteiger charge is 2.33. The Morgan fingerprint density at radius 3 is 2.53 bits per heavy atom. The number of hydrogen-bond donors (Lipinski definition) is 1. The molecule has 1 amide bonds. The molecule has 1 aromatic carbocycles. The van der Waals surface area contributed by atoms with Crippen molar-refractivity contribution in [2.24, 2.45) is 5.92 Å². The van der Waals surface area contributed by atoms with Crippen LogP contribution in [-0.2, 0) is 11.3 Å². The molecule has 1 saturated heterocycles. The molecular formula is C24H22ClN3O4S2. The molecule has 34 heavy (non-hydrogen) atoms. The van der Waals surface area contributed by atoms with Gasteiger partial charge in [-0.3, -0.25) is 23.9 Å². The fourth-order valence-corrected chi connectivity index (χ4v) is 5.00. The average Bonchev–Trinajstić information content (AvgIpc) is 3.04. The van der Waals surface area contributed by atoms with Crippen molar-refractivity contribution in [2.45, 2.75) is 33.7 Å². The highest BCUT2D eigenvalue weighted by atomic mass is 35.5. The van der Waals surface area contributed by atoms with E-state index >= 15 is 0 Å². The van der Waals surface area contributed by atoms with Crippen LogP contribution in [0.1, 0.15) is 47.3 Å². The molecule has 10 heteroatoms. The smallest absolute Gasteiger partial charge is 0.271 e. The van der Waals surface area contributed by atoms with Crippen LogP contribution in [0.15, 0.2) is 34.0 Å². The van der Waals surface area contributed by atoms with Gasteiger partial charge in [-0.05, 0) is 42.2 Å². The predicted octanol–water partition coefficient (Wildman–Crippen LogP) is 4.52. The fourth-order valence-electron chi connectivity index (χ4n) is 3.56. The molecule has 7 nitrogen and oxygen atoms in total. The molecule has 1 aliphatic heterocycles. The number of nitriles is 1. The second-order valence-corrected chi connectivity index (χ2v) is 10.3. The van der Waals surface area contributed by atoms with Crippen molar-refractivity contribution in [3.8, 4) is 11.9 Å². The summed E-state index contributed by atoms with van der Waals surface area (Å²) in [4.78, 5) is 40.3. The van der Waals surface area contributed by atoms with Crippen LogP contribution in [-0.4, -0.2) is 37.1 Å². The Morgan fingerprint density at radius 2 is 1.94 bits per heavy atom. The number of halogens is 1. The maximum absolute atomic E-state index is 13.1. The van der Waals surface area contributed by atoms with Crippen molar-refractivity contribution < 1.29 is 14.7 Å². The number of thiocarbonyl (C=S) groups is 1. The molecule has 2 heterocycles. The normalized spacial score (nSPS) is 14.8. The zero-order chi connectivity index (χ0) is 25.2. The van der Waals surface area contributed by atoms with E-state index in [-0.39, 0.29) is 48.0 Å². The van der Waals surface area contributed by atoms with Crippen LogP contribution in [0.25, 0.3) is 6.08 Å². The number of pyridine rings is 1. The van der Waals surface area contributed by atoms with E-state index in [9.17, 15) is 24.8 Å². The first-order valence-electron chi connectivity index (χ1n) is 10.5. The number of carbonyl (C=O) groups is 2. The van der Waals surface area contributed by atoms with Crippen LogP contribution >= 0.6 is 35.6 Å². The lowest BCUT2D eigenvalue weighted by atomic mass is 9.99. The molecule has 3 rings (SSSR count). The zero-order valence-corrected chi connectivity index (χ0v) is 21.2. The highest BCUT2D eigenvalue weighted by molar-refractivity contribution is 8.26. The van der Waals surface area contributed by atoms with E-state index in [2.05, 4.69) is 0 Å². The predicted molar refractivity (Wildman–Crippen MR) is 137 cm³/mol. The van der Waals surface area contributed by atoms with Crippen LogP contribution < -0.4 is 5.56 Å². The van der Waals surface area contributed by atoms with Crippen LogP contribution in [0.2, 0.25) is 5.02 Å². The molecule has 0 saturated carbocycles. The number of aromatic hydroxyl groups is 1. The van der Waals surface area contributed by atoms with Crippen LogP contribution in [0.4, 0.5) is 0 Å². The third-order valence-corrected chi connectivity index (χ3v) is 6.86. The van der Waals surface area contributed by atoms with Gasteiger partial charge < -0.3 is 5.11 Å². The summed E-state index contributed by atoms with van der Waals surface area (Å²) in [6.45, 7) is 5.33. The Balaban J connectivity index is 1.84. The zero-order valence-electron chi connectivity index (χ0n) is 18.8. The Morgan fingerprint density at radius 1 is 1.29 bits per heavy atom. The number of thioether (sulfide) groups is 1. The summed E-state index contributed by atoms with van der Waals surface area (Å²) in [7, 11) is 0. The van der Waals surface area contributed by atoms with Gasteiger partial charge in [-0.1, -0.05) is 61.6 Å². The van der Waals surface area contributed by atoms with Gasteiger partial charge in [0.2, 0.25) is 5.88 Å². The summed E-state index contributed by atoms with van der Waals surface area (Å²) in [5.41, 5.74) is 0.0188. The summed E-state index contributed by atoms with van der Waals surface area (Å²) in [6, 6.07) is 8.84. The molecule has 0 spiro atoms. The van der Waals surface area contributed by atoms with E-state index in [1.54, 1.807) is 30.3 Å². The van der Waals surface area contributed by atoms with Gasteiger partial charge in [-0.15, -0.1) is 0 Å².